The van der Waals surface area contributed by atoms with Gasteiger partial charge in [-0.2, -0.15) is 0 Å². The molecule has 0 bridgehead atoms. The van der Waals surface area contributed by atoms with Gasteiger partial charge in [0.15, 0.2) is 0 Å². The Morgan fingerprint density at radius 2 is 1.86 bits per heavy atom. The minimum atomic E-state index is -0.146. The average Bonchev–Trinajstić information content (AvgIpc) is 2.52. The van der Waals surface area contributed by atoms with E-state index in [4.69, 9.17) is 5.11 Å². The van der Waals surface area contributed by atoms with E-state index in [2.05, 4.69) is 39.8 Å². The Balaban J connectivity index is 1.59. The largest absolute Gasteiger partial charge is 0.396 e. The first-order valence-corrected chi connectivity index (χ1v) is 7.71. The quantitative estimate of drug-likeness (QED) is 0.660. The van der Waals surface area contributed by atoms with Crippen molar-refractivity contribution >= 4 is 6.03 Å². The monoisotopic (exact) mass is 291 g/mol. The maximum Gasteiger partial charge on any atom is 0.314 e. The number of hydrogen-bond acceptors (Lipinski definition) is 3. The molecule has 2 rings (SSSR count). The third kappa shape index (κ3) is 5.36. The third-order valence-corrected chi connectivity index (χ3v) is 3.77. The van der Waals surface area contributed by atoms with Crippen LogP contribution >= 0.6 is 0 Å². The van der Waals surface area contributed by atoms with Gasteiger partial charge in [-0.3, -0.25) is 4.90 Å². The minimum Gasteiger partial charge on any atom is -0.396 e. The second kappa shape index (κ2) is 8.64. The molecule has 0 unspecified atom stereocenters. The Kier molecular flexibility index (Phi) is 6.50. The minimum absolute atomic E-state index is 0.108. The van der Waals surface area contributed by atoms with E-state index in [0.717, 1.165) is 32.5 Å². The Labute approximate surface area is 126 Å². The van der Waals surface area contributed by atoms with E-state index in [9.17, 15) is 4.79 Å². The molecule has 0 saturated carbocycles. The summed E-state index contributed by atoms with van der Waals surface area (Å²) >= 11 is 0. The van der Waals surface area contributed by atoms with Crippen LogP contribution in [0.3, 0.4) is 0 Å². The van der Waals surface area contributed by atoms with Crippen LogP contribution in [0.4, 0.5) is 4.79 Å². The molecule has 1 aliphatic heterocycles. The number of aliphatic hydroxyl groups excluding tert-OH is 1. The topological polar surface area (TPSA) is 64.6 Å². The summed E-state index contributed by atoms with van der Waals surface area (Å²) in [7, 11) is 0. The maximum absolute atomic E-state index is 11.4. The number of fused-ring (bicyclic) bond motifs is 1. The van der Waals surface area contributed by atoms with Gasteiger partial charge in [-0.25, -0.2) is 4.79 Å². The van der Waals surface area contributed by atoms with Crippen molar-refractivity contribution in [3.63, 3.8) is 0 Å². The number of nitrogens with zero attached hydrogens (tertiary/aromatic N) is 1. The molecule has 21 heavy (non-hydrogen) atoms. The van der Waals surface area contributed by atoms with Crippen LogP contribution in [0.5, 0.6) is 0 Å². The lowest BCUT2D eigenvalue weighted by molar-refractivity contribution is 0.233. The van der Waals surface area contributed by atoms with Crippen LogP contribution in [-0.2, 0) is 13.0 Å². The van der Waals surface area contributed by atoms with Crippen molar-refractivity contribution in [2.75, 3.05) is 32.8 Å². The van der Waals surface area contributed by atoms with Crippen LogP contribution in [0.2, 0.25) is 0 Å². The highest BCUT2D eigenvalue weighted by Gasteiger charge is 2.14. The summed E-state index contributed by atoms with van der Waals surface area (Å²) in [6.45, 7) is 4.43. The first-order valence-electron chi connectivity index (χ1n) is 7.71. The summed E-state index contributed by atoms with van der Waals surface area (Å²) in [4.78, 5) is 13.9. The number of hydrogen-bond donors (Lipinski definition) is 3. The number of urea groups is 1. The molecule has 1 aromatic rings. The molecule has 0 spiro atoms. The molecular formula is C16H25N3O2. The van der Waals surface area contributed by atoms with E-state index in [1.807, 2.05) is 0 Å². The zero-order valence-electron chi connectivity index (χ0n) is 12.5. The number of carbonyl (C=O) groups excluding carboxylic acids is 1. The zero-order valence-corrected chi connectivity index (χ0v) is 12.5. The van der Waals surface area contributed by atoms with Gasteiger partial charge in [-0.15, -0.1) is 0 Å². The van der Waals surface area contributed by atoms with Crippen molar-refractivity contribution in [3.05, 3.63) is 35.4 Å². The van der Waals surface area contributed by atoms with Gasteiger partial charge in [-0.1, -0.05) is 24.3 Å². The van der Waals surface area contributed by atoms with Crippen LogP contribution in [0, 0.1) is 0 Å². The highest BCUT2D eigenvalue weighted by atomic mass is 16.3. The number of rotatable bonds is 7. The molecule has 2 amide bonds. The molecule has 0 aliphatic carbocycles. The third-order valence-electron chi connectivity index (χ3n) is 3.77. The van der Waals surface area contributed by atoms with Crippen LogP contribution in [0.15, 0.2) is 24.3 Å². The number of amides is 2. The molecule has 0 fully saturated rings. The normalized spacial score (nSPS) is 14.5. The number of carbonyl (C=O) groups is 1. The molecular weight excluding hydrogens is 266 g/mol. The van der Waals surface area contributed by atoms with E-state index in [-0.39, 0.29) is 12.6 Å². The van der Waals surface area contributed by atoms with E-state index in [0.29, 0.717) is 19.5 Å². The second-order valence-electron chi connectivity index (χ2n) is 5.41. The first kappa shape index (κ1) is 15.8. The first-order chi connectivity index (χ1) is 10.3. The van der Waals surface area contributed by atoms with Gasteiger partial charge in [-0.05, 0) is 30.4 Å². The molecule has 0 aromatic heterocycles. The van der Waals surface area contributed by atoms with Crippen LogP contribution in [0.1, 0.15) is 24.0 Å². The van der Waals surface area contributed by atoms with Crippen LogP contribution in [-0.4, -0.2) is 48.8 Å². The Bertz CT molecular complexity index is 451. The Morgan fingerprint density at radius 1 is 1.14 bits per heavy atom. The van der Waals surface area contributed by atoms with Crippen molar-refractivity contribution in [1.29, 1.82) is 0 Å². The highest BCUT2D eigenvalue weighted by molar-refractivity contribution is 5.73. The lowest BCUT2D eigenvalue weighted by Crippen LogP contribution is -2.38. The molecule has 0 atom stereocenters. The Hall–Kier alpha value is -1.59. The smallest absolute Gasteiger partial charge is 0.314 e. The van der Waals surface area contributed by atoms with Gasteiger partial charge < -0.3 is 15.7 Å². The van der Waals surface area contributed by atoms with Crippen molar-refractivity contribution < 1.29 is 9.90 Å². The fourth-order valence-electron chi connectivity index (χ4n) is 2.59. The summed E-state index contributed by atoms with van der Waals surface area (Å²) in [5, 5.41) is 14.2. The molecule has 1 aliphatic rings. The molecule has 0 saturated heterocycles. The molecule has 116 valence electrons. The molecule has 0 radical (unpaired) electrons. The summed E-state index contributed by atoms with van der Waals surface area (Å²) in [6, 6.07) is 8.47. The molecule has 5 nitrogen and oxygen atoms in total. The summed E-state index contributed by atoms with van der Waals surface area (Å²) in [5.41, 5.74) is 2.90. The summed E-state index contributed by atoms with van der Waals surface area (Å²) in [6.07, 6.45) is 2.67. The summed E-state index contributed by atoms with van der Waals surface area (Å²) in [5.74, 6) is 0. The number of aliphatic hydroxyl groups is 1. The van der Waals surface area contributed by atoms with Crippen LogP contribution < -0.4 is 10.6 Å². The van der Waals surface area contributed by atoms with E-state index in [1.54, 1.807) is 0 Å². The SMILES string of the molecule is O=C(NCCCO)NCCCN1CCc2ccccc2C1. The van der Waals surface area contributed by atoms with Gasteiger partial charge >= 0.3 is 6.03 Å². The molecule has 1 heterocycles. The average molecular weight is 291 g/mol. The zero-order chi connectivity index (χ0) is 14.9. The molecule has 5 heteroatoms. The van der Waals surface area contributed by atoms with Crippen molar-refractivity contribution in [2.45, 2.75) is 25.8 Å². The van der Waals surface area contributed by atoms with Crippen molar-refractivity contribution in [3.8, 4) is 0 Å². The van der Waals surface area contributed by atoms with Crippen molar-refractivity contribution in [2.24, 2.45) is 0 Å². The van der Waals surface area contributed by atoms with Crippen LogP contribution in [0.25, 0.3) is 0 Å². The van der Waals surface area contributed by atoms with E-state index in [1.165, 1.54) is 11.1 Å². The van der Waals surface area contributed by atoms with Gasteiger partial charge in [0.25, 0.3) is 0 Å². The molecule has 1 aromatic carbocycles. The van der Waals surface area contributed by atoms with Gasteiger partial charge in [0.2, 0.25) is 0 Å². The number of nitrogens with one attached hydrogen (secondary N) is 2. The second-order valence-corrected chi connectivity index (χ2v) is 5.41. The fraction of sp³-hybridized carbons (Fsp3) is 0.562. The van der Waals surface area contributed by atoms with E-state index < -0.39 is 0 Å². The van der Waals surface area contributed by atoms with Gasteiger partial charge in [0, 0.05) is 39.3 Å². The predicted octanol–water partition coefficient (Wildman–Crippen LogP) is 1.12. The Morgan fingerprint density at radius 3 is 2.62 bits per heavy atom. The van der Waals surface area contributed by atoms with E-state index >= 15 is 0 Å². The fourth-order valence-corrected chi connectivity index (χ4v) is 2.59. The summed E-state index contributed by atoms with van der Waals surface area (Å²) < 4.78 is 0. The highest BCUT2D eigenvalue weighted by Crippen LogP contribution is 2.18. The van der Waals surface area contributed by atoms with Gasteiger partial charge in [0.05, 0.1) is 0 Å². The standard InChI is InChI=1S/C16H25N3O2/c20-12-4-9-18-16(21)17-8-3-10-19-11-7-14-5-1-2-6-15(14)13-19/h1-2,5-6,20H,3-4,7-13H2,(H2,17,18,21). The predicted molar refractivity (Wildman–Crippen MR) is 83.1 cm³/mol. The lowest BCUT2D eigenvalue weighted by atomic mass is 10.00. The number of benzene rings is 1. The maximum atomic E-state index is 11.4. The molecule has 3 N–H and O–H groups in total. The van der Waals surface area contributed by atoms with Gasteiger partial charge in [0.1, 0.15) is 0 Å². The van der Waals surface area contributed by atoms with Crippen molar-refractivity contribution in [1.82, 2.24) is 15.5 Å². The lowest BCUT2D eigenvalue weighted by Gasteiger charge is -2.28.